The van der Waals surface area contributed by atoms with Gasteiger partial charge in [0.1, 0.15) is 0 Å². The third-order valence-corrected chi connectivity index (χ3v) is 4.82. The summed E-state index contributed by atoms with van der Waals surface area (Å²) < 4.78 is 0. The summed E-state index contributed by atoms with van der Waals surface area (Å²) in [5, 5.41) is 2.79. The monoisotopic (exact) mass is 300 g/mol. The fourth-order valence-electron chi connectivity index (χ4n) is 3.81. The number of carbonyl (C=O) groups excluding carboxylic acids is 2. The van der Waals surface area contributed by atoms with Gasteiger partial charge in [-0.2, -0.15) is 0 Å². The van der Waals surface area contributed by atoms with Crippen LogP contribution in [0.5, 0.6) is 0 Å². The maximum atomic E-state index is 11.9. The van der Waals surface area contributed by atoms with Crippen molar-refractivity contribution < 1.29 is 9.59 Å². The topological polar surface area (TPSA) is 49.4 Å². The number of benzene rings is 1. The Morgan fingerprint density at radius 2 is 1.91 bits per heavy atom. The first-order chi connectivity index (χ1) is 10.7. The third kappa shape index (κ3) is 2.56. The van der Waals surface area contributed by atoms with Crippen LogP contribution in [0.15, 0.2) is 12.1 Å². The van der Waals surface area contributed by atoms with E-state index in [2.05, 4.69) is 24.1 Å². The number of Topliss-reactive ketones (excluding diaryl/α,β-unsaturated/α-hetero) is 1. The molecule has 2 aliphatic rings. The van der Waals surface area contributed by atoms with E-state index in [9.17, 15) is 9.59 Å². The van der Waals surface area contributed by atoms with Crippen molar-refractivity contribution in [2.75, 3.05) is 18.4 Å². The Kier molecular flexibility index (Phi) is 4.30. The lowest BCUT2D eigenvalue weighted by atomic mass is 9.85. The van der Waals surface area contributed by atoms with E-state index in [0.717, 1.165) is 50.9 Å². The molecule has 1 heterocycles. The minimum absolute atomic E-state index is 0.390. The summed E-state index contributed by atoms with van der Waals surface area (Å²) in [6.45, 7) is 6.67. The Bertz CT molecular complexity index is 603. The quantitative estimate of drug-likeness (QED) is 0.851. The molecule has 1 amide bonds. The van der Waals surface area contributed by atoms with E-state index in [-0.39, 0.29) is 5.78 Å². The first-order valence-corrected chi connectivity index (χ1v) is 8.40. The molecule has 1 aromatic carbocycles. The van der Waals surface area contributed by atoms with E-state index >= 15 is 0 Å². The fourth-order valence-corrected chi connectivity index (χ4v) is 3.81. The highest BCUT2D eigenvalue weighted by molar-refractivity contribution is 6.51. The van der Waals surface area contributed by atoms with Crippen LogP contribution >= 0.6 is 0 Å². The van der Waals surface area contributed by atoms with E-state index in [1.807, 2.05) is 12.1 Å². The van der Waals surface area contributed by atoms with Crippen LogP contribution < -0.4 is 5.32 Å². The molecule has 1 N–H and O–H groups in total. The number of amides is 1. The Balaban J connectivity index is 1.89. The molecular formula is C18H24N2O2. The first kappa shape index (κ1) is 15.2. The lowest BCUT2D eigenvalue weighted by Crippen LogP contribution is -2.40. The van der Waals surface area contributed by atoms with Crippen LogP contribution in [0.4, 0.5) is 5.69 Å². The van der Waals surface area contributed by atoms with E-state index in [0.29, 0.717) is 11.6 Å². The van der Waals surface area contributed by atoms with Crippen molar-refractivity contribution in [1.82, 2.24) is 4.90 Å². The zero-order chi connectivity index (χ0) is 15.7. The Labute approximate surface area is 131 Å². The van der Waals surface area contributed by atoms with Crippen LogP contribution in [-0.4, -0.2) is 35.7 Å². The summed E-state index contributed by atoms with van der Waals surface area (Å²) in [4.78, 5) is 26.1. The number of aryl methyl sites for hydroxylation is 1. The van der Waals surface area contributed by atoms with E-state index in [4.69, 9.17) is 0 Å². The standard InChI is InChI=1S/C18H24N2O2/c1-3-9-20(10-4-2)13-7-5-12-6-8-14-16(15(12)11-13)19-18(22)17(14)21/h6,8,13H,3-5,7,9-11H2,1-2H3,(H,19,21,22). The van der Waals surface area contributed by atoms with Crippen LogP contribution in [0.3, 0.4) is 0 Å². The van der Waals surface area contributed by atoms with Crippen molar-refractivity contribution >= 4 is 17.4 Å². The number of rotatable bonds is 5. The largest absolute Gasteiger partial charge is 0.318 e. The number of hydrogen-bond acceptors (Lipinski definition) is 3. The molecule has 1 aromatic rings. The molecular weight excluding hydrogens is 276 g/mol. The molecule has 4 nitrogen and oxygen atoms in total. The molecule has 0 bridgehead atoms. The van der Waals surface area contributed by atoms with E-state index in [1.165, 1.54) is 11.1 Å². The second-order valence-corrected chi connectivity index (χ2v) is 6.34. The highest BCUT2D eigenvalue weighted by Crippen LogP contribution is 2.35. The van der Waals surface area contributed by atoms with Crippen LogP contribution in [-0.2, 0) is 17.6 Å². The highest BCUT2D eigenvalue weighted by atomic mass is 16.2. The van der Waals surface area contributed by atoms with Gasteiger partial charge >= 0.3 is 0 Å². The molecule has 3 rings (SSSR count). The Morgan fingerprint density at radius 3 is 2.59 bits per heavy atom. The van der Waals surface area contributed by atoms with Gasteiger partial charge in [0.2, 0.25) is 0 Å². The predicted molar refractivity (Wildman–Crippen MR) is 87.4 cm³/mol. The van der Waals surface area contributed by atoms with Crippen molar-refractivity contribution in [3.63, 3.8) is 0 Å². The molecule has 0 radical (unpaired) electrons. The zero-order valence-electron chi connectivity index (χ0n) is 13.4. The van der Waals surface area contributed by atoms with Crippen molar-refractivity contribution in [2.24, 2.45) is 0 Å². The summed E-state index contributed by atoms with van der Waals surface area (Å²) in [5.74, 6) is -0.872. The fraction of sp³-hybridized carbons (Fsp3) is 0.556. The van der Waals surface area contributed by atoms with Gasteiger partial charge in [0.25, 0.3) is 11.7 Å². The number of fused-ring (bicyclic) bond motifs is 3. The molecule has 0 aromatic heterocycles. The number of nitrogens with zero attached hydrogens (tertiary/aromatic N) is 1. The molecule has 1 aliphatic carbocycles. The molecule has 0 saturated carbocycles. The maximum absolute atomic E-state index is 11.9. The van der Waals surface area contributed by atoms with Gasteiger partial charge in [0, 0.05) is 6.04 Å². The van der Waals surface area contributed by atoms with Gasteiger partial charge in [0.05, 0.1) is 11.3 Å². The second kappa shape index (κ2) is 6.21. The van der Waals surface area contributed by atoms with Crippen molar-refractivity contribution in [2.45, 2.75) is 52.0 Å². The van der Waals surface area contributed by atoms with Crippen LogP contribution in [0.1, 0.15) is 54.6 Å². The average Bonchev–Trinajstić information content (AvgIpc) is 2.82. The van der Waals surface area contributed by atoms with Gasteiger partial charge in [-0.3, -0.25) is 9.59 Å². The summed E-state index contributed by atoms with van der Waals surface area (Å²) in [6.07, 6.45) is 5.44. The van der Waals surface area contributed by atoms with Crippen molar-refractivity contribution in [3.8, 4) is 0 Å². The summed E-state index contributed by atoms with van der Waals surface area (Å²) in [6, 6.07) is 4.36. The van der Waals surface area contributed by atoms with Crippen LogP contribution in [0.2, 0.25) is 0 Å². The first-order valence-electron chi connectivity index (χ1n) is 8.40. The second-order valence-electron chi connectivity index (χ2n) is 6.34. The van der Waals surface area contributed by atoms with Gasteiger partial charge in [-0.15, -0.1) is 0 Å². The number of anilines is 1. The third-order valence-electron chi connectivity index (χ3n) is 4.82. The lowest BCUT2D eigenvalue weighted by Gasteiger charge is -2.35. The number of hydrogen-bond donors (Lipinski definition) is 1. The predicted octanol–water partition coefficient (Wildman–Crippen LogP) is 2.80. The molecule has 1 atom stereocenters. The Hall–Kier alpha value is -1.68. The number of carbonyl (C=O) groups is 2. The summed E-state index contributed by atoms with van der Waals surface area (Å²) >= 11 is 0. The van der Waals surface area contributed by atoms with E-state index in [1.54, 1.807) is 0 Å². The molecule has 4 heteroatoms. The molecule has 0 fully saturated rings. The number of nitrogens with one attached hydrogen (secondary N) is 1. The normalized spacial score (nSPS) is 20.0. The van der Waals surface area contributed by atoms with Gasteiger partial charge < -0.3 is 10.2 Å². The molecule has 118 valence electrons. The van der Waals surface area contributed by atoms with Crippen molar-refractivity contribution in [1.29, 1.82) is 0 Å². The molecule has 0 saturated heterocycles. The average molecular weight is 300 g/mol. The zero-order valence-corrected chi connectivity index (χ0v) is 13.4. The van der Waals surface area contributed by atoms with Crippen molar-refractivity contribution in [3.05, 3.63) is 28.8 Å². The molecule has 0 spiro atoms. The van der Waals surface area contributed by atoms with Crippen LogP contribution in [0.25, 0.3) is 0 Å². The van der Waals surface area contributed by atoms with E-state index < -0.39 is 5.91 Å². The SMILES string of the molecule is CCCN(CCC)C1CCc2ccc3c(c2C1)NC(=O)C3=O. The molecule has 1 unspecified atom stereocenters. The summed E-state index contributed by atoms with van der Waals surface area (Å²) in [7, 11) is 0. The van der Waals surface area contributed by atoms with Crippen LogP contribution in [0, 0.1) is 0 Å². The summed E-state index contributed by atoms with van der Waals surface area (Å²) in [5.41, 5.74) is 3.81. The molecule has 1 aliphatic heterocycles. The van der Waals surface area contributed by atoms with Gasteiger partial charge in [-0.05, 0) is 62.4 Å². The van der Waals surface area contributed by atoms with Gasteiger partial charge in [-0.1, -0.05) is 19.9 Å². The minimum atomic E-state index is -0.482. The minimum Gasteiger partial charge on any atom is -0.318 e. The molecule has 22 heavy (non-hydrogen) atoms. The Morgan fingerprint density at radius 1 is 1.18 bits per heavy atom. The smallest absolute Gasteiger partial charge is 0.296 e. The highest BCUT2D eigenvalue weighted by Gasteiger charge is 2.34. The van der Waals surface area contributed by atoms with Gasteiger partial charge in [-0.25, -0.2) is 0 Å². The maximum Gasteiger partial charge on any atom is 0.296 e. The van der Waals surface area contributed by atoms with Gasteiger partial charge in [0.15, 0.2) is 0 Å². The number of ketones is 1. The lowest BCUT2D eigenvalue weighted by molar-refractivity contribution is -0.112.